The molecule has 3 saturated heterocycles. The minimum atomic E-state index is -0.537. The molecule has 0 aromatic heterocycles. The first-order valence-electron chi connectivity index (χ1n) is 14.6. The van der Waals surface area contributed by atoms with Gasteiger partial charge in [-0.15, -0.1) is 0 Å². The lowest BCUT2D eigenvalue weighted by atomic mass is 9.72. The highest BCUT2D eigenvalue weighted by Crippen LogP contribution is 2.45. The molecule has 0 bridgehead atoms. The van der Waals surface area contributed by atoms with Crippen molar-refractivity contribution < 1.29 is 28.6 Å². The Labute approximate surface area is 227 Å². The largest absolute Gasteiger partial charge is 0.444 e. The van der Waals surface area contributed by atoms with Crippen molar-refractivity contribution in [3.05, 3.63) is 0 Å². The van der Waals surface area contributed by atoms with Crippen LogP contribution >= 0.6 is 0 Å². The molecule has 1 N–H and O–H groups in total. The quantitative estimate of drug-likeness (QED) is 0.573. The number of ether oxygens (including phenoxy) is 3. The highest BCUT2D eigenvalue weighted by molar-refractivity contribution is 5.96. The number of carbonyl (C=O) groups excluding carboxylic acids is 3. The average molecular weight is 537 g/mol. The maximum absolute atomic E-state index is 13.8. The highest BCUT2D eigenvalue weighted by atomic mass is 16.7. The number of hydrogen-bond donors (Lipinski definition) is 1. The van der Waals surface area contributed by atoms with Crippen molar-refractivity contribution in [1.82, 2.24) is 20.0 Å². The molecule has 0 radical (unpaired) electrons. The number of imide groups is 1. The molecule has 4 amide bonds. The van der Waals surface area contributed by atoms with Crippen LogP contribution in [0.4, 0.5) is 9.59 Å². The van der Waals surface area contributed by atoms with Gasteiger partial charge in [0.1, 0.15) is 5.60 Å². The van der Waals surface area contributed by atoms with E-state index in [-0.39, 0.29) is 30.0 Å². The normalized spacial score (nSPS) is 28.1. The number of piperidine rings is 2. The van der Waals surface area contributed by atoms with Gasteiger partial charge in [0.05, 0.1) is 19.1 Å². The van der Waals surface area contributed by atoms with Crippen molar-refractivity contribution in [3.63, 3.8) is 0 Å². The Morgan fingerprint density at radius 1 is 1.11 bits per heavy atom. The van der Waals surface area contributed by atoms with Gasteiger partial charge < -0.3 is 29.3 Å². The second-order valence-corrected chi connectivity index (χ2v) is 12.6. The summed E-state index contributed by atoms with van der Waals surface area (Å²) < 4.78 is 17.5. The molecule has 3 aliphatic heterocycles. The Morgan fingerprint density at radius 3 is 2.42 bits per heavy atom. The van der Waals surface area contributed by atoms with Gasteiger partial charge in [0.2, 0.25) is 5.91 Å². The average Bonchev–Trinajstić information content (AvgIpc) is 3.30. The smallest absolute Gasteiger partial charge is 0.410 e. The maximum Gasteiger partial charge on any atom is 0.410 e. The van der Waals surface area contributed by atoms with Crippen LogP contribution in [0.3, 0.4) is 0 Å². The fraction of sp³-hybridized carbons (Fsp3) is 0.893. The number of amides is 4. The van der Waals surface area contributed by atoms with Gasteiger partial charge in [-0.2, -0.15) is 0 Å². The number of unbranched alkanes of at least 4 members (excludes halogenated alkanes) is 1. The van der Waals surface area contributed by atoms with Crippen LogP contribution in [-0.2, 0) is 19.0 Å². The highest BCUT2D eigenvalue weighted by Gasteiger charge is 2.49. The molecule has 216 valence electrons. The Balaban J connectivity index is 1.34. The predicted octanol–water partition coefficient (Wildman–Crippen LogP) is 3.59. The summed E-state index contributed by atoms with van der Waals surface area (Å²) >= 11 is 0. The number of nitrogens with one attached hydrogen (secondary N) is 1. The molecule has 0 unspecified atom stereocenters. The van der Waals surface area contributed by atoms with Crippen LogP contribution in [0.25, 0.3) is 0 Å². The molecule has 1 saturated carbocycles. The Kier molecular flexibility index (Phi) is 9.25. The van der Waals surface area contributed by atoms with Crippen LogP contribution in [0.2, 0.25) is 0 Å². The predicted molar refractivity (Wildman–Crippen MR) is 142 cm³/mol. The van der Waals surface area contributed by atoms with Gasteiger partial charge >= 0.3 is 12.1 Å². The SMILES string of the molecule is CCCCN(C(=O)NC1CCN(C(=O)OC(C)(C)C)CC1)C(=O)[C@@H]1C[C@@H]2CC3(CC[C@H]2N(C)C1)OCCO3. The van der Waals surface area contributed by atoms with E-state index < -0.39 is 11.4 Å². The van der Waals surface area contributed by atoms with E-state index in [2.05, 4.69) is 24.2 Å². The van der Waals surface area contributed by atoms with Crippen LogP contribution < -0.4 is 5.32 Å². The molecule has 10 heteroatoms. The molecule has 38 heavy (non-hydrogen) atoms. The molecule has 4 fully saturated rings. The van der Waals surface area contributed by atoms with Crippen LogP contribution in [0.1, 0.15) is 79.1 Å². The van der Waals surface area contributed by atoms with Gasteiger partial charge in [0, 0.05) is 51.1 Å². The molecule has 3 heterocycles. The lowest BCUT2D eigenvalue weighted by Gasteiger charge is -2.49. The third-order valence-electron chi connectivity index (χ3n) is 8.48. The van der Waals surface area contributed by atoms with Crippen molar-refractivity contribution in [1.29, 1.82) is 0 Å². The van der Waals surface area contributed by atoms with E-state index >= 15 is 0 Å². The summed E-state index contributed by atoms with van der Waals surface area (Å²) in [6.45, 7) is 11.0. The molecule has 1 aliphatic carbocycles. The van der Waals surface area contributed by atoms with Crippen molar-refractivity contribution >= 4 is 18.0 Å². The van der Waals surface area contributed by atoms with Crippen molar-refractivity contribution in [2.45, 2.75) is 103 Å². The third-order valence-corrected chi connectivity index (χ3v) is 8.48. The van der Waals surface area contributed by atoms with Crippen LogP contribution in [0.15, 0.2) is 0 Å². The van der Waals surface area contributed by atoms with Crippen LogP contribution in [-0.4, -0.2) is 103 Å². The van der Waals surface area contributed by atoms with Crippen molar-refractivity contribution in [2.75, 3.05) is 46.4 Å². The minimum absolute atomic E-state index is 0.0774. The Morgan fingerprint density at radius 2 is 1.79 bits per heavy atom. The molecule has 1 spiro atoms. The first-order chi connectivity index (χ1) is 18.0. The second kappa shape index (κ2) is 12.1. The van der Waals surface area contributed by atoms with E-state index in [4.69, 9.17) is 14.2 Å². The fourth-order valence-electron chi connectivity index (χ4n) is 6.56. The second-order valence-electron chi connectivity index (χ2n) is 12.6. The standard InChI is InChI=1S/C28H48N4O6/c1-6-7-12-32(25(34)29-22-9-13-31(14-10-22)26(35)38-27(2,3)4)24(33)21-17-20-18-28(36-15-16-37-28)11-8-23(20)30(5)19-21/h20-23H,6-19H2,1-5H3,(H,29,34)/t20-,21-,23-/m1/s1. The summed E-state index contributed by atoms with van der Waals surface area (Å²) in [6, 6.07) is 0.0310. The van der Waals surface area contributed by atoms with Gasteiger partial charge in [-0.25, -0.2) is 9.59 Å². The van der Waals surface area contributed by atoms with E-state index in [0.29, 0.717) is 64.2 Å². The number of rotatable bonds is 5. The van der Waals surface area contributed by atoms with E-state index in [1.165, 1.54) is 4.90 Å². The van der Waals surface area contributed by atoms with E-state index in [1.807, 2.05) is 20.8 Å². The molecular formula is C28H48N4O6. The lowest BCUT2D eigenvalue weighted by Crippen LogP contribution is -2.58. The Bertz CT molecular complexity index is 847. The topological polar surface area (TPSA) is 101 Å². The molecule has 4 aliphatic rings. The van der Waals surface area contributed by atoms with Gasteiger partial charge in [-0.05, 0) is 65.8 Å². The van der Waals surface area contributed by atoms with Gasteiger partial charge in [-0.3, -0.25) is 9.69 Å². The maximum atomic E-state index is 13.8. The Hall–Kier alpha value is -1.91. The third kappa shape index (κ3) is 6.99. The monoisotopic (exact) mass is 536 g/mol. The molecule has 10 nitrogen and oxygen atoms in total. The number of urea groups is 1. The molecule has 0 aromatic carbocycles. The van der Waals surface area contributed by atoms with Crippen molar-refractivity contribution in [2.24, 2.45) is 11.8 Å². The molecule has 3 atom stereocenters. The summed E-state index contributed by atoms with van der Waals surface area (Å²) in [7, 11) is 2.10. The van der Waals surface area contributed by atoms with Gasteiger partial charge in [0.25, 0.3) is 0 Å². The number of hydrogen-bond acceptors (Lipinski definition) is 7. The summed E-state index contributed by atoms with van der Waals surface area (Å²) in [5.41, 5.74) is -0.537. The number of carbonyl (C=O) groups is 3. The summed E-state index contributed by atoms with van der Waals surface area (Å²) in [6.07, 6.45) is 6.10. The number of nitrogens with zero attached hydrogens (tertiary/aromatic N) is 3. The zero-order valence-corrected chi connectivity index (χ0v) is 24.0. The van der Waals surface area contributed by atoms with E-state index in [9.17, 15) is 14.4 Å². The summed E-state index contributed by atoms with van der Waals surface area (Å²) in [5, 5.41) is 3.10. The number of fused-ring (bicyclic) bond motifs is 1. The zero-order valence-electron chi connectivity index (χ0n) is 24.0. The molecule has 0 aromatic rings. The lowest BCUT2D eigenvalue weighted by molar-refractivity contribution is -0.202. The fourth-order valence-corrected chi connectivity index (χ4v) is 6.56. The minimum Gasteiger partial charge on any atom is -0.444 e. The van der Waals surface area contributed by atoms with Gasteiger partial charge in [0.15, 0.2) is 5.79 Å². The summed E-state index contributed by atoms with van der Waals surface area (Å²) in [5.74, 6) is -0.488. The van der Waals surface area contributed by atoms with E-state index in [1.54, 1.807) is 4.90 Å². The van der Waals surface area contributed by atoms with Gasteiger partial charge in [-0.1, -0.05) is 13.3 Å². The first kappa shape index (κ1) is 29.1. The zero-order chi connectivity index (χ0) is 27.5. The first-order valence-corrected chi connectivity index (χ1v) is 14.6. The van der Waals surface area contributed by atoms with Crippen molar-refractivity contribution in [3.8, 4) is 0 Å². The van der Waals surface area contributed by atoms with E-state index in [0.717, 1.165) is 38.5 Å². The van der Waals surface area contributed by atoms with Crippen LogP contribution in [0, 0.1) is 11.8 Å². The summed E-state index contributed by atoms with van der Waals surface area (Å²) in [4.78, 5) is 45.0. The van der Waals surface area contributed by atoms with Crippen LogP contribution in [0.5, 0.6) is 0 Å². The molecular weight excluding hydrogens is 488 g/mol. The molecule has 4 rings (SSSR count). The number of likely N-dealkylation sites (tertiary alicyclic amines) is 2.